The second-order valence-corrected chi connectivity index (χ2v) is 7.73. The van der Waals surface area contributed by atoms with Gasteiger partial charge in [0.1, 0.15) is 17.5 Å². The Morgan fingerprint density at radius 1 is 1.11 bits per heavy atom. The molecule has 1 amide bonds. The predicted molar refractivity (Wildman–Crippen MR) is 106 cm³/mol. The Labute approximate surface area is 160 Å². The average Bonchev–Trinajstić information content (AvgIpc) is 2.65. The van der Waals surface area contributed by atoms with Crippen molar-refractivity contribution in [2.45, 2.75) is 19.4 Å². The lowest BCUT2D eigenvalue weighted by Crippen LogP contribution is -2.47. The molecule has 0 radical (unpaired) electrons. The summed E-state index contributed by atoms with van der Waals surface area (Å²) in [4.78, 5) is 13.0. The number of carbonyl (C=O) groups excluding carboxylic acids is 1. The minimum atomic E-state index is -3.68. The van der Waals surface area contributed by atoms with E-state index in [0.29, 0.717) is 29.3 Å². The molecule has 1 atom stereocenters. The second-order valence-electron chi connectivity index (χ2n) is 5.87. The van der Waals surface area contributed by atoms with Crippen molar-refractivity contribution in [3.63, 3.8) is 0 Å². The molecule has 0 aliphatic carbocycles. The van der Waals surface area contributed by atoms with E-state index in [4.69, 9.17) is 9.47 Å². The molecule has 2 aromatic carbocycles. The average molecular weight is 392 g/mol. The zero-order valence-electron chi connectivity index (χ0n) is 15.8. The fourth-order valence-corrected chi connectivity index (χ4v) is 3.97. The van der Waals surface area contributed by atoms with Crippen LogP contribution in [0.25, 0.3) is 0 Å². The van der Waals surface area contributed by atoms with Gasteiger partial charge in [0.25, 0.3) is 0 Å². The van der Waals surface area contributed by atoms with E-state index in [1.165, 1.54) is 14.2 Å². The van der Waals surface area contributed by atoms with Crippen LogP contribution in [-0.2, 0) is 14.8 Å². The van der Waals surface area contributed by atoms with E-state index >= 15 is 0 Å². The van der Waals surface area contributed by atoms with Crippen molar-refractivity contribution in [2.24, 2.45) is 0 Å². The zero-order valence-corrected chi connectivity index (χ0v) is 16.6. The molecule has 1 N–H and O–H groups in total. The van der Waals surface area contributed by atoms with Gasteiger partial charge in [0.2, 0.25) is 15.9 Å². The molecule has 0 saturated heterocycles. The molecule has 146 valence electrons. The van der Waals surface area contributed by atoms with Crippen molar-refractivity contribution in [1.29, 1.82) is 0 Å². The maximum atomic E-state index is 13.0. The summed E-state index contributed by atoms with van der Waals surface area (Å²) in [6, 6.07) is 12.6. The van der Waals surface area contributed by atoms with Gasteiger partial charge in [-0.25, -0.2) is 8.42 Å². The molecule has 1 unspecified atom stereocenters. The largest absolute Gasteiger partial charge is 0.497 e. The van der Waals surface area contributed by atoms with Gasteiger partial charge in [-0.05, 0) is 30.7 Å². The molecule has 27 heavy (non-hydrogen) atoms. The molecule has 0 bridgehead atoms. The minimum Gasteiger partial charge on any atom is -0.497 e. The quantitative estimate of drug-likeness (QED) is 0.747. The van der Waals surface area contributed by atoms with Crippen LogP contribution in [-0.4, -0.2) is 40.8 Å². The van der Waals surface area contributed by atoms with Gasteiger partial charge in [-0.3, -0.25) is 9.10 Å². The highest BCUT2D eigenvalue weighted by Crippen LogP contribution is 2.30. The normalized spacial score (nSPS) is 12.1. The smallest absolute Gasteiger partial charge is 0.248 e. The third-order valence-corrected chi connectivity index (χ3v) is 5.18. The molecular formula is C19H24N2O5S. The van der Waals surface area contributed by atoms with Crippen molar-refractivity contribution < 1.29 is 22.7 Å². The maximum absolute atomic E-state index is 13.0. The number of hydrogen-bond acceptors (Lipinski definition) is 5. The number of nitrogens with one attached hydrogen (secondary N) is 1. The Bertz CT molecular complexity index is 884. The summed E-state index contributed by atoms with van der Waals surface area (Å²) in [7, 11) is -0.674. The van der Waals surface area contributed by atoms with E-state index in [0.717, 1.165) is 10.6 Å². The van der Waals surface area contributed by atoms with Crippen molar-refractivity contribution in [3.05, 3.63) is 48.5 Å². The Kier molecular flexibility index (Phi) is 6.68. The Hall–Kier alpha value is -2.74. The summed E-state index contributed by atoms with van der Waals surface area (Å²) in [5.74, 6) is 0.533. The number of anilines is 2. The predicted octanol–water partition coefficient (Wildman–Crippen LogP) is 2.89. The number of ether oxygens (including phenoxy) is 2. The summed E-state index contributed by atoms with van der Waals surface area (Å²) in [5, 5.41) is 2.76. The summed E-state index contributed by atoms with van der Waals surface area (Å²) >= 11 is 0. The lowest BCUT2D eigenvalue weighted by Gasteiger charge is -2.30. The standard InChI is InChI=1S/C19H24N2O5S/c1-5-17(21(27(4,23)24)14-9-7-6-8-10-14)19(22)20-16-13-15(25-2)11-12-18(16)26-3/h6-13,17H,5H2,1-4H3,(H,20,22). The molecule has 0 spiro atoms. The second kappa shape index (κ2) is 8.77. The molecule has 0 aliphatic heterocycles. The summed E-state index contributed by atoms with van der Waals surface area (Å²) in [5.41, 5.74) is 0.835. The van der Waals surface area contributed by atoms with Crippen LogP contribution < -0.4 is 19.1 Å². The van der Waals surface area contributed by atoms with Crippen LogP contribution in [0.15, 0.2) is 48.5 Å². The first-order chi connectivity index (χ1) is 12.8. The molecule has 0 saturated carbocycles. The van der Waals surface area contributed by atoms with Crippen molar-refractivity contribution in [3.8, 4) is 11.5 Å². The fraction of sp³-hybridized carbons (Fsp3) is 0.316. The number of benzene rings is 2. The van der Waals surface area contributed by atoms with Crippen molar-refractivity contribution >= 4 is 27.3 Å². The van der Waals surface area contributed by atoms with Gasteiger partial charge in [-0.15, -0.1) is 0 Å². The Balaban J connectivity index is 2.39. The summed E-state index contributed by atoms with van der Waals surface area (Å²) < 4.78 is 36.4. The van der Waals surface area contributed by atoms with E-state index in [1.54, 1.807) is 55.5 Å². The highest BCUT2D eigenvalue weighted by molar-refractivity contribution is 7.92. The Morgan fingerprint density at radius 3 is 2.30 bits per heavy atom. The molecule has 2 rings (SSSR count). The third kappa shape index (κ3) is 4.91. The van der Waals surface area contributed by atoms with Gasteiger partial charge in [0.15, 0.2) is 0 Å². The zero-order chi connectivity index (χ0) is 20.0. The number of rotatable bonds is 8. The maximum Gasteiger partial charge on any atom is 0.248 e. The number of sulfonamides is 1. The van der Waals surface area contributed by atoms with Crippen LogP contribution in [0.1, 0.15) is 13.3 Å². The van der Waals surface area contributed by atoms with Gasteiger partial charge in [-0.1, -0.05) is 25.1 Å². The first-order valence-electron chi connectivity index (χ1n) is 8.39. The molecule has 2 aromatic rings. The highest BCUT2D eigenvalue weighted by atomic mass is 32.2. The van der Waals surface area contributed by atoms with E-state index in [2.05, 4.69) is 5.32 Å². The number of nitrogens with zero attached hydrogens (tertiary/aromatic N) is 1. The first kappa shape index (κ1) is 20.6. The van der Waals surface area contributed by atoms with Gasteiger partial charge < -0.3 is 14.8 Å². The van der Waals surface area contributed by atoms with E-state index in [1.807, 2.05) is 0 Å². The van der Waals surface area contributed by atoms with Gasteiger partial charge >= 0.3 is 0 Å². The van der Waals surface area contributed by atoms with Gasteiger partial charge in [0.05, 0.1) is 31.9 Å². The number of para-hydroxylation sites is 1. The van der Waals surface area contributed by atoms with Crippen LogP contribution in [0.3, 0.4) is 0 Å². The van der Waals surface area contributed by atoms with Crippen molar-refractivity contribution in [2.75, 3.05) is 30.1 Å². The number of hydrogen-bond donors (Lipinski definition) is 1. The fourth-order valence-electron chi connectivity index (χ4n) is 2.76. The monoisotopic (exact) mass is 392 g/mol. The van der Waals surface area contributed by atoms with Crippen LogP contribution in [0.4, 0.5) is 11.4 Å². The Morgan fingerprint density at radius 2 is 1.78 bits per heavy atom. The lowest BCUT2D eigenvalue weighted by atomic mass is 10.1. The SMILES string of the molecule is CCC(C(=O)Nc1cc(OC)ccc1OC)N(c1ccccc1)S(C)(=O)=O. The van der Waals surface area contributed by atoms with Crippen LogP contribution >= 0.6 is 0 Å². The molecule has 0 fully saturated rings. The molecule has 8 heteroatoms. The number of methoxy groups -OCH3 is 2. The molecule has 7 nitrogen and oxygen atoms in total. The summed E-state index contributed by atoms with van der Waals surface area (Å²) in [6.07, 6.45) is 1.38. The topological polar surface area (TPSA) is 84.9 Å². The van der Waals surface area contributed by atoms with Crippen molar-refractivity contribution in [1.82, 2.24) is 0 Å². The van der Waals surface area contributed by atoms with E-state index in [-0.39, 0.29) is 0 Å². The van der Waals surface area contributed by atoms with Gasteiger partial charge in [-0.2, -0.15) is 0 Å². The molecule has 0 aliphatic rings. The number of amides is 1. The third-order valence-electron chi connectivity index (χ3n) is 4.00. The van der Waals surface area contributed by atoms with E-state index < -0.39 is 22.0 Å². The lowest BCUT2D eigenvalue weighted by molar-refractivity contribution is -0.117. The highest BCUT2D eigenvalue weighted by Gasteiger charge is 2.31. The number of carbonyl (C=O) groups is 1. The minimum absolute atomic E-state index is 0.292. The van der Waals surface area contributed by atoms with Crippen LogP contribution in [0.2, 0.25) is 0 Å². The van der Waals surface area contributed by atoms with Gasteiger partial charge in [0, 0.05) is 6.07 Å². The van der Waals surface area contributed by atoms with E-state index in [9.17, 15) is 13.2 Å². The first-order valence-corrected chi connectivity index (χ1v) is 10.2. The molecule has 0 heterocycles. The van der Waals surface area contributed by atoms with Crippen LogP contribution in [0, 0.1) is 0 Å². The molecular weight excluding hydrogens is 368 g/mol. The molecule has 0 aromatic heterocycles. The summed E-state index contributed by atoms with van der Waals surface area (Å²) in [6.45, 7) is 1.76. The van der Waals surface area contributed by atoms with Crippen LogP contribution in [0.5, 0.6) is 11.5 Å².